The monoisotopic (exact) mass is 426 g/mol. The van der Waals surface area contributed by atoms with Crippen LogP contribution in [0.4, 0.5) is 13.2 Å². The number of piperidine rings is 1. The number of allylic oxidation sites excluding steroid dienone is 1. The van der Waals surface area contributed by atoms with E-state index in [0.29, 0.717) is 6.04 Å². The summed E-state index contributed by atoms with van der Waals surface area (Å²) >= 11 is 0. The van der Waals surface area contributed by atoms with Crippen LogP contribution in [0.15, 0.2) is 30.3 Å². The lowest BCUT2D eigenvalue weighted by atomic mass is 9.74. The summed E-state index contributed by atoms with van der Waals surface area (Å²) < 4.78 is 31.7. The molecule has 6 nitrogen and oxygen atoms in total. The normalized spacial score (nSPS) is 20.1. The number of carboxylic acid groups (broad SMARTS) is 1. The Balaban J connectivity index is 0.000000318. The first-order chi connectivity index (χ1) is 14.2. The van der Waals surface area contributed by atoms with E-state index >= 15 is 0 Å². The molecule has 1 aromatic rings. The van der Waals surface area contributed by atoms with Crippen LogP contribution >= 0.6 is 0 Å². The molecule has 0 bridgehead atoms. The molecule has 9 heteroatoms. The molecule has 30 heavy (non-hydrogen) atoms. The molecule has 1 amide bonds. The third-order valence-corrected chi connectivity index (χ3v) is 5.74. The second-order valence-corrected chi connectivity index (χ2v) is 7.88. The van der Waals surface area contributed by atoms with Crippen LogP contribution in [-0.4, -0.2) is 65.4 Å². The zero-order chi connectivity index (χ0) is 21.9. The molecule has 1 spiro atoms. The smallest absolute Gasteiger partial charge is 0.475 e. The number of likely N-dealkylation sites (tertiary alicyclic amines) is 1. The number of carbonyl (C=O) groups is 2. The highest BCUT2D eigenvalue weighted by Gasteiger charge is 2.42. The number of nitrogens with one attached hydrogen (secondary N) is 1. The highest BCUT2D eigenvalue weighted by Crippen LogP contribution is 2.47. The van der Waals surface area contributed by atoms with Crippen LogP contribution in [0.2, 0.25) is 0 Å². The van der Waals surface area contributed by atoms with Gasteiger partial charge in [0.1, 0.15) is 0 Å². The van der Waals surface area contributed by atoms with Crippen molar-refractivity contribution in [2.75, 3.05) is 26.2 Å². The van der Waals surface area contributed by atoms with Gasteiger partial charge in [0.05, 0.1) is 6.61 Å². The molecule has 0 atom stereocenters. The minimum atomic E-state index is -5.08. The van der Waals surface area contributed by atoms with Gasteiger partial charge in [0.2, 0.25) is 0 Å². The van der Waals surface area contributed by atoms with Crippen molar-refractivity contribution in [3.8, 4) is 0 Å². The van der Waals surface area contributed by atoms with Crippen LogP contribution in [0, 0.1) is 0 Å². The summed E-state index contributed by atoms with van der Waals surface area (Å²) in [5.74, 6) is -2.66. The lowest BCUT2D eigenvalue weighted by Crippen LogP contribution is -2.42. The first-order valence-electron chi connectivity index (χ1n) is 9.93. The van der Waals surface area contributed by atoms with Gasteiger partial charge in [0, 0.05) is 23.6 Å². The van der Waals surface area contributed by atoms with E-state index in [-0.39, 0.29) is 17.9 Å². The highest BCUT2D eigenvalue weighted by molar-refractivity contribution is 6.21. The van der Waals surface area contributed by atoms with E-state index in [4.69, 9.17) is 15.0 Å². The van der Waals surface area contributed by atoms with E-state index in [9.17, 15) is 18.0 Å². The Morgan fingerprint density at radius 2 is 1.77 bits per heavy atom. The van der Waals surface area contributed by atoms with Gasteiger partial charge in [-0.25, -0.2) is 4.79 Å². The number of benzene rings is 1. The van der Waals surface area contributed by atoms with Crippen molar-refractivity contribution < 1.29 is 33.0 Å². The fourth-order valence-electron chi connectivity index (χ4n) is 3.99. The Hall–Kier alpha value is -2.39. The number of hydrogen-bond donors (Lipinski definition) is 3. The maximum Gasteiger partial charge on any atom is 0.490 e. The number of β-amino-alcohol motifs (C(OH)–C–C–N with tert-alkyl or cyclic N) is 1. The molecule has 1 saturated heterocycles. The minimum Gasteiger partial charge on any atom is -0.475 e. The van der Waals surface area contributed by atoms with Crippen molar-refractivity contribution in [2.24, 2.45) is 0 Å². The van der Waals surface area contributed by atoms with Gasteiger partial charge in [-0.3, -0.25) is 4.79 Å². The van der Waals surface area contributed by atoms with Crippen LogP contribution in [0.5, 0.6) is 0 Å². The Bertz CT molecular complexity index is 826. The van der Waals surface area contributed by atoms with Gasteiger partial charge in [-0.2, -0.15) is 13.2 Å². The van der Waals surface area contributed by atoms with Gasteiger partial charge < -0.3 is 20.4 Å². The van der Waals surface area contributed by atoms with Gasteiger partial charge in [-0.15, -0.1) is 0 Å². The number of alkyl halides is 3. The zero-order valence-corrected chi connectivity index (χ0v) is 16.4. The molecule has 164 valence electrons. The standard InChI is InChI=1S/C19H24N2O2.C2HF3O2/c22-12-11-21-9-7-19(8-10-21)13-16(18(23)20-14-5-6-14)15-3-1-2-4-17(15)19;3-2(4,5)1(6)7/h1-4,13-14,22H,5-12H2,(H,20,23);(H,6,7). The van der Waals surface area contributed by atoms with Gasteiger partial charge in [-0.1, -0.05) is 30.3 Å². The lowest BCUT2D eigenvalue weighted by Gasteiger charge is -2.39. The summed E-state index contributed by atoms with van der Waals surface area (Å²) in [7, 11) is 0. The topological polar surface area (TPSA) is 89.9 Å². The third kappa shape index (κ3) is 5.02. The number of carboxylic acids is 1. The molecule has 0 radical (unpaired) electrons. The average molecular weight is 426 g/mol. The average Bonchev–Trinajstić information content (AvgIpc) is 3.46. The Kier molecular flexibility index (Phi) is 6.52. The minimum absolute atomic E-state index is 0.00122. The fourth-order valence-corrected chi connectivity index (χ4v) is 3.99. The molecule has 4 rings (SSSR count). The number of carbonyl (C=O) groups excluding carboxylic acids is 1. The first kappa shape index (κ1) is 22.3. The summed E-state index contributed by atoms with van der Waals surface area (Å²) in [5, 5.41) is 19.4. The SMILES string of the molecule is O=C(NC1CC1)C1=CC2(CCN(CCO)CC2)c2ccccc21.O=C(O)C(F)(F)F. The fraction of sp³-hybridized carbons (Fsp3) is 0.524. The zero-order valence-electron chi connectivity index (χ0n) is 16.4. The molecule has 1 heterocycles. The number of aliphatic hydroxyl groups is 1. The van der Waals surface area contributed by atoms with Crippen molar-refractivity contribution in [2.45, 2.75) is 43.3 Å². The van der Waals surface area contributed by atoms with Crippen LogP contribution in [0.3, 0.4) is 0 Å². The van der Waals surface area contributed by atoms with Crippen LogP contribution in [-0.2, 0) is 15.0 Å². The summed E-state index contributed by atoms with van der Waals surface area (Å²) in [6.45, 7) is 2.91. The summed E-state index contributed by atoms with van der Waals surface area (Å²) in [6, 6.07) is 8.76. The van der Waals surface area contributed by atoms with E-state index < -0.39 is 12.1 Å². The third-order valence-electron chi connectivity index (χ3n) is 5.74. The van der Waals surface area contributed by atoms with E-state index in [2.05, 4.69) is 34.5 Å². The molecule has 0 aromatic heterocycles. The molecule has 2 fully saturated rings. The summed E-state index contributed by atoms with van der Waals surface area (Å²) in [4.78, 5) is 23.8. The maximum absolute atomic E-state index is 12.6. The summed E-state index contributed by atoms with van der Waals surface area (Å²) in [5.41, 5.74) is 3.28. The van der Waals surface area contributed by atoms with Crippen LogP contribution in [0.1, 0.15) is 36.8 Å². The Morgan fingerprint density at radius 1 is 1.17 bits per heavy atom. The molecule has 1 aliphatic heterocycles. The number of halogens is 3. The maximum atomic E-state index is 12.6. The predicted molar refractivity (Wildman–Crippen MR) is 104 cm³/mol. The molecular formula is C21H25F3N2O4. The Labute approximate surface area is 172 Å². The quantitative estimate of drug-likeness (QED) is 0.688. The molecular weight excluding hydrogens is 401 g/mol. The van der Waals surface area contributed by atoms with Crippen LogP contribution < -0.4 is 5.32 Å². The molecule has 3 N–H and O–H groups in total. The van der Waals surface area contributed by atoms with Crippen molar-refractivity contribution in [1.82, 2.24) is 10.2 Å². The number of amides is 1. The van der Waals surface area contributed by atoms with Crippen molar-refractivity contribution in [3.05, 3.63) is 41.5 Å². The van der Waals surface area contributed by atoms with Crippen molar-refractivity contribution in [1.29, 1.82) is 0 Å². The largest absolute Gasteiger partial charge is 0.490 e. The van der Waals surface area contributed by atoms with E-state index in [1.165, 1.54) is 5.56 Å². The van der Waals surface area contributed by atoms with E-state index in [1.54, 1.807) is 0 Å². The van der Waals surface area contributed by atoms with Gasteiger partial charge in [0.15, 0.2) is 0 Å². The van der Waals surface area contributed by atoms with Crippen molar-refractivity contribution >= 4 is 17.4 Å². The highest BCUT2D eigenvalue weighted by atomic mass is 19.4. The predicted octanol–water partition coefficient (Wildman–Crippen LogP) is 2.32. The molecule has 0 unspecified atom stereocenters. The van der Waals surface area contributed by atoms with Gasteiger partial charge in [-0.05, 0) is 49.9 Å². The number of hydrogen-bond acceptors (Lipinski definition) is 4. The molecule has 1 saturated carbocycles. The second kappa shape index (κ2) is 8.77. The summed E-state index contributed by atoms with van der Waals surface area (Å²) in [6.07, 6.45) is 1.41. The number of rotatable bonds is 4. The van der Waals surface area contributed by atoms with Crippen LogP contribution in [0.25, 0.3) is 5.57 Å². The molecule has 2 aliphatic carbocycles. The van der Waals surface area contributed by atoms with Gasteiger partial charge >= 0.3 is 12.1 Å². The Morgan fingerprint density at radius 3 is 2.30 bits per heavy atom. The van der Waals surface area contributed by atoms with E-state index in [1.807, 2.05) is 6.07 Å². The van der Waals surface area contributed by atoms with Crippen molar-refractivity contribution in [3.63, 3.8) is 0 Å². The molecule has 1 aromatic carbocycles. The second-order valence-electron chi connectivity index (χ2n) is 7.88. The first-order valence-corrected chi connectivity index (χ1v) is 9.93. The van der Waals surface area contributed by atoms with E-state index in [0.717, 1.165) is 56.5 Å². The number of aliphatic carboxylic acids is 1. The van der Waals surface area contributed by atoms with Gasteiger partial charge in [0.25, 0.3) is 5.91 Å². The number of nitrogens with zero attached hydrogens (tertiary/aromatic N) is 1. The number of aliphatic hydroxyl groups excluding tert-OH is 1. The number of fused-ring (bicyclic) bond motifs is 2. The molecule has 3 aliphatic rings. The lowest BCUT2D eigenvalue weighted by molar-refractivity contribution is -0.192.